The van der Waals surface area contributed by atoms with Crippen LogP contribution in [0.4, 0.5) is 4.79 Å². The van der Waals surface area contributed by atoms with Crippen LogP contribution in [0.15, 0.2) is 46.7 Å². The summed E-state index contributed by atoms with van der Waals surface area (Å²) in [6, 6.07) is 10.3. The molecule has 2 saturated heterocycles. The third kappa shape index (κ3) is 9.32. The molecule has 0 aromatic heterocycles. The molecular weight excluding hydrogens is 676 g/mol. The molecule has 0 aliphatic carbocycles. The van der Waals surface area contributed by atoms with Crippen molar-refractivity contribution in [3.8, 4) is 0 Å². The predicted octanol–water partition coefficient (Wildman–Crippen LogP) is 5.89. The number of nitrogens with two attached hydrogens (primary N) is 1. The highest BCUT2D eigenvalue weighted by Gasteiger charge is 2.34. The normalized spacial score (nSPS) is 17.7. The molecule has 2 aliphatic rings. The van der Waals surface area contributed by atoms with E-state index in [1.165, 1.54) is 7.11 Å². The van der Waals surface area contributed by atoms with Crippen molar-refractivity contribution in [2.24, 2.45) is 16.0 Å². The highest BCUT2D eigenvalue weighted by atomic mass is 35.5. The van der Waals surface area contributed by atoms with Gasteiger partial charge in [0.25, 0.3) is 5.91 Å². The lowest BCUT2D eigenvalue weighted by Gasteiger charge is -2.43. The van der Waals surface area contributed by atoms with Gasteiger partial charge in [0.2, 0.25) is 0 Å². The molecule has 15 heteroatoms. The zero-order valence-electron chi connectivity index (χ0n) is 25.8. The molecule has 0 spiro atoms. The monoisotopic (exact) mass is 713 g/mol. The number of amidine groups is 1. The van der Waals surface area contributed by atoms with E-state index < -0.39 is 0 Å². The second kappa shape index (κ2) is 16.7. The fraction of sp³-hybridized carbons (Fsp3) is 0.484. The molecule has 250 valence electrons. The topological polar surface area (TPSA) is 127 Å². The number of likely N-dealkylation sites (tertiary alicyclic amines) is 1. The summed E-state index contributed by atoms with van der Waals surface area (Å²) in [5.41, 5.74) is 7.57. The number of rotatable bonds is 12. The quantitative estimate of drug-likeness (QED) is 0.122. The SMILES string of the molecule is CO/N=C(/CN(C)C(=O)c1cc(Cl)cc(Cl)c1)[C@H](CCN1CCC(N2CCCN(C/C(N)=N/O)C2=O)CC1)c1ccc(Cl)c(Cl)c1. The van der Waals surface area contributed by atoms with Crippen LogP contribution >= 0.6 is 46.4 Å². The molecule has 2 aromatic rings. The zero-order chi connectivity index (χ0) is 33.4. The number of carbonyl (C=O) groups is 2. The summed E-state index contributed by atoms with van der Waals surface area (Å²) in [6.45, 7) is 3.94. The van der Waals surface area contributed by atoms with Crippen LogP contribution in [0, 0.1) is 0 Å². The maximum absolute atomic E-state index is 13.3. The van der Waals surface area contributed by atoms with Crippen LogP contribution in [0.2, 0.25) is 20.1 Å². The van der Waals surface area contributed by atoms with Crippen molar-refractivity contribution in [2.45, 2.75) is 37.6 Å². The van der Waals surface area contributed by atoms with Gasteiger partial charge in [0.1, 0.15) is 7.11 Å². The first kappa shape index (κ1) is 35.9. The van der Waals surface area contributed by atoms with Gasteiger partial charge in [-0.2, -0.15) is 0 Å². The average molecular weight is 716 g/mol. The Morgan fingerprint density at radius 3 is 2.39 bits per heavy atom. The second-order valence-electron chi connectivity index (χ2n) is 11.5. The van der Waals surface area contributed by atoms with E-state index in [9.17, 15) is 9.59 Å². The van der Waals surface area contributed by atoms with E-state index in [2.05, 4.69) is 15.2 Å². The lowest BCUT2D eigenvalue weighted by atomic mass is 9.89. The van der Waals surface area contributed by atoms with Crippen molar-refractivity contribution in [1.29, 1.82) is 0 Å². The van der Waals surface area contributed by atoms with Gasteiger partial charge in [-0.1, -0.05) is 62.8 Å². The molecule has 3 amide bonds. The summed E-state index contributed by atoms with van der Waals surface area (Å²) in [6.07, 6.45) is 3.17. The number of benzene rings is 2. The lowest BCUT2D eigenvalue weighted by Crippen LogP contribution is -2.57. The number of hydrogen-bond donors (Lipinski definition) is 2. The average Bonchev–Trinajstić information content (AvgIpc) is 3.03. The molecular formula is C31H39Cl4N7O4. The number of piperidine rings is 1. The van der Waals surface area contributed by atoms with Crippen molar-refractivity contribution in [2.75, 3.05) is 60.0 Å². The van der Waals surface area contributed by atoms with E-state index in [4.69, 9.17) is 62.2 Å². The van der Waals surface area contributed by atoms with Crippen molar-refractivity contribution in [3.05, 3.63) is 67.6 Å². The van der Waals surface area contributed by atoms with Crippen LogP contribution in [-0.4, -0.2) is 114 Å². The second-order valence-corrected chi connectivity index (χ2v) is 13.2. The van der Waals surface area contributed by atoms with Crippen LogP contribution in [-0.2, 0) is 4.84 Å². The number of amides is 3. The zero-order valence-corrected chi connectivity index (χ0v) is 28.9. The Hall–Kier alpha value is -2.96. The maximum atomic E-state index is 13.3. The number of nitrogens with zero attached hydrogens (tertiary/aromatic N) is 6. The van der Waals surface area contributed by atoms with Gasteiger partial charge in [0, 0.05) is 60.8 Å². The third-order valence-electron chi connectivity index (χ3n) is 8.37. The van der Waals surface area contributed by atoms with Crippen molar-refractivity contribution in [3.63, 3.8) is 0 Å². The molecule has 46 heavy (non-hydrogen) atoms. The summed E-state index contributed by atoms with van der Waals surface area (Å²) in [5, 5.41) is 17.9. The Kier molecular flexibility index (Phi) is 13.1. The molecule has 0 unspecified atom stereocenters. The van der Waals surface area contributed by atoms with Gasteiger partial charge >= 0.3 is 6.03 Å². The molecule has 2 heterocycles. The molecule has 0 saturated carbocycles. The Bertz CT molecular complexity index is 1430. The molecule has 3 N–H and O–H groups in total. The summed E-state index contributed by atoms with van der Waals surface area (Å²) >= 11 is 25.0. The van der Waals surface area contributed by atoms with E-state index in [1.807, 2.05) is 17.0 Å². The lowest BCUT2D eigenvalue weighted by molar-refractivity contribution is 0.0811. The molecule has 4 rings (SSSR count). The fourth-order valence-corrected chi connectivity index (χ4v) is 6.90. The molecule has 1 atom stereocenters. The van der Waals surface area contributed by atoms with Crippen LogP contribution in [0.5, 0.6) is 0 Å². The van der Waals surface area contributed by atoms with Crippen molar-refractivity contribution < 1.29 is 19.6 Å². The number of urea groups is 1. The highest BCUT2D eigenvalue weighted by Crippen LogP contribution is 2.31. The van der Waals surface area contributed by atoms with Gasteiger partial charge in [-0.3, -0.25) is 4.79 Å². The van der Waals surface area contributed by atoms with Gasteiger partial charge in [-0.15, -0.1) is 0 Å². The number of hydrogen-bond acceptors (Lipinski definition) is 7. The summed E-state index contributed by atoms with van der Waals surface area (Å²) in [5.74, 6) is -0.482. The third-order valence-corrected chi connectivity index (χ3v) is 9.54. The van der Waals surface area contributed by atoms with E-state index in [0.717, 1.165) is 44.5 Å². The van der Waals surface area contributed by atoms with E-state index in [-0.39, 0.29) is 42.8 Å². The van der Waals surface area contributed by atoms with Gasteiger partial charge in [0.15, 0.2) is 5.84 Å². The van der Waals surface area contributed by atoms with E-state index >= 15 is 0 Å². The first-order valence-electron chi connectivity index (χ1n) is 15.0. The van der Waals surface area contributed by atoms with Gasteiger partial charge in [-0.05, 0) is 68.1 Å². The Morgan fingerprint density at radius 2 is 1.76 bits per heavy atom. The van der Waals surface area contributed by atoms with Crippen LogP contribution in [0.25, 0.3) is 0 Å². The summed E-state index contributed by atoms with van der Waals surface area (Å²) in [7, 11) is 3.16. The van der Waals surface area contributed by atoms with Crippen molar-refractivity contribution >= 4 is 69.9 Å². The van der Waals surface area contributed by atoms with Crippen molar-refractivity contribution in [1.82, 2.24) is 19.6 Å². The Labute approximate surface area is 289 Å². The number of carbonyl (C=O) groups excluding carboxylic acids is 2. The van der Waals surface area contributed by atoms with Gasteiger partial charge in [-0.25, -0.2) is 4.79 Å². The molecule has 2 aromatic carbocycles. The molecule has 2 fully saturated rings. The minimum Gasteiger partial charge on any atom is -0.409 e. The number of halogens is 4. The first-order chi connectivity index (χ1) is 22.0. The largest absolute Gasteiger partial charge is 0.409 e. The maximum Gasteiger partial charge on any atom is 0.320 e. The first-order valence-corrected chi connectivity index (χ1v) is 16.5. The number of oxime groups is 2. The standard InChI is InChI=1S/C31H39Cl4N7O4/c1-39(30(43)21-14-22(32)17-23(33)15-21)18-28(38-46-2)25(20-4-5-26(34)27(35)16-20)8-13-40-11-6-24(7-12-40)42-10-3-9-41(31(42)44)19-29(36)37-45/h4-5,14-17,24-25,45H,3,6-13,18-19H2,1-2H3,(H2,36,37)/b38-28-/t25-/m1/s1. The van der Waals surface area contributed by atoms with Crippen LogP contribution in [0.3, 0.4) is 0 Å². The molecule has 0 radical (unpaired) electrons. The van der Waals surface area contributed by atoms with Crippen LogP contribution < -0.4 is 5.73 Å². The summed E-state index contributed by atoms with van der Waals surface area (Å²) < 4.78 is 0. The Balaban J connectivity index is 1.45. The van der Waals surface area contributed by atoms with Gasteiger partial charge in [0.05, 0.1) is 28.8 Å². The summed E-state index contributed by atoms with van der Waals surface area (Å²) in [4.78, 5) is 39.2. The smallest absolute Gasteiger partial charge is 0.320 e. The van der Waals surface area contributed by atoms with Gasteiger partial charge < -0.3 is 35.4 Å². The minimum absolute atomic E-state index is 0.0161. The molecule has 2 aliphatic heterocycles. The van der Waals surface area contributed by atoms with E-state index in [0.29, 0.717) is 50.9 Å². The molecule has 11 nitrogen and oxygen atoms in total. The fourth-order valence-electron chi connectivity index (χ4n) is 6.07. The highest BCUT2D eigenvalue weighted by molar-refractivity contribution is 6.42. The minimum atomic E-state index is -0.264. The Morgan fingerprint density at radius 1 is 1.07 bits per heavy atom. The van der Waals surface area contributed by atoms with E-state index in [1.54, 1.807) is 41.1 Å². The molecule has 0 bridgehead atoms. The predicted molar refractivity (Wildman–Crippen MR) is 183 cm³/mol. The van der Waals surface area contributed by atoms with Crippen LogP contribution in [0.1, 0.15) is 47.5 Å².